The van der Waals surface area contributed by atoms with Crippen molar-refractivity contribution in [1.29, 1.82) is 0 Å². The van der Waals surface area contributed by atoms with Gasteiger partial charge in [-0.25, -0.2) is 14.6 Å². The first kappa shape index (κ1) is 23.0. The lowest BCUT2D eigenvalue weighted by Gasteiger charge is -2.08. The Morgan fingerprint density at radius 3 is 2.46 bits per heavy atom. The van der Waals surface area contributed by atoms with Crippen LogP contribution in [0.1, 0.15) is 55.0 Å². The van der Waals surface area contributed by atoms with E-state index in [-0.39, 0.29) is 6.04 Å². The minimum absolute atomic E-state index is 0.179. The third-order valence-corrected chi connectivity index (χ3v) is 6.85. The van der Waals surface area contributed by atoms with E-state index in [9.17, 15) is 0 Å². The molecular weight excluding hydrogens is 430 g/mol. The zero-order valence-corrected chi connectivity index (χ0v) is 21.0. The molecule has 0 fully saturated rings. The Balaban J connectivity index is 1.35. The third kappa shape index (κ3) is 4.63. The lowest BCUT2D eigenvalue weighted by molar-refractivity contribution is 0.548. The van der Waals surface area contributed by atoms with Gasteiger partial charge in [-0.05, 0) is 86.9 Å². The Kier molecular flexibility index (Phi) is 6.25. The fourth-order valence-corrected chi connectivity index (χ4v) is 4.87. The van der Waals surface area contributed by atoms with Gasteiger partial charge in [-0.2, -0.15) is 5.10 Å². The smallest absolute Gasteiger partial charge is 0.164 e. The summed E-state index contributed by atoms with van der Waals surface area (Å²) >= 11 is 0. The van der Waals surface area contributed by atoms with Gasteiger partial charge in [-0.15, -0.1) is 0 Å². The highest BCUT2D eigenvalue weighted by Crippen LogP contribution is 2.33. The quantitative estimate of drug-likeness (QED) is 0.264. The molecule has 0 unspecified atom stereocenters. The summed E-state index contributed by atoms with van der Waals surface area (Å²) in [5.74, 6) is 0.466. The van der Waals surface area contributed by atoms with Crippen LogP contribution in [0.3, 0.4) is 0 Å². The van der Waals surface area contributed by atoms with E-state index >= 15 is 0 Å². The van der Waals surface area contributed by atoms with E-state index < -0.39 is 0 Å². The summed E-state index contributed by atoms with van der Waals surface area (Å²) in [4.78, 5) is 8.67. The summed E-state index contributed by atoms with van der Waals surface area (Å²) in [6, 6.07) is 20.2. The van der Waals surface area contributed by atoms with Crippen LogP contribution in [0.5, 0.6) is 0 Å². The van der Waals surface area contributed by atoms with Gasteiger partial charge in [0.05, 0.1) is 5.39 Å². The molecule has 0 radical (unpaired) electrons. The minimum atomic E-state index is 0.179. The molecule has 5 rings (SSSR count). The van der Waals surface area contributed by atoms with Gasteiger partial charge in [-0.3, -0.25) is 0 Å². The van der Waals surface area contributed by atoms with Crippen LogP contribution < -0.4 is 5.73 Å². The van der Waals surface area contributed by atoms with Crippen molar-refractivity contribution < 1.29 is 0 Å². The minimum Gasteiger partial charge on any atom is -0.383 e. The maximum absolute atomic E-state index is 6.25. The standard InChI is InChI=1S/C30H33N5/c1-19(2)35-30-27(29(31)32-18-33-30)28(34-35)26-14-13-24-16-22(11-12-25(24)17-26)7-5-6-8-23-15-20(3)9-10-21(23)4/h9-19H,5-8H2,1-4H3,(H2,31,32,33). The molecule has 0 amide bonds. The predicted molar refractivity (Wildman–Crippen MR) is 146 cm³/mol. The molecule has 0 spiro atoms. The molecule has 35 heavy (non-hydrogen) atoms. The maximum atomic E-state index is 6.25. The Morgan fingerprint density at radius 2 is 1.63 bits per heavy atom. The molecule has 2 aromatic heterocycles. The average Bonchev–Trinajstić information content (AvgIpc) is 3.25. The number of nitrogens with zero attached hydrogens (tertiary/aromatic N) is 4. The van der Waals surface area contributed by atoms with Crippen molar-refractivity contribution in [3.05, 3.63) is 83.2 Å². The molecule has 0 aliphatic rings. The molecule has 178 valence electrons. The number of benzene rings is 3. The molecule has 0 saturated heterocycles. The fraction of sp³-hybridized carbons (Fsp3) is 0.300. The molecule has 0 aliphatic heterocycles. The average molecular weight is 464 g/mol. The number of rotatable bonds is 7. The Hall–Kier alpha value is -3.73. The van der Waals surface area contributed by atoms with Gasteiger partial charge in [0.1, 0.15) is 17.8 Å². The SMILES string of the molecule is Cc1ccc(C)c(CCCCc2ccc3cc(-c4nn(C(C)C)c5ncnc(N)c45)ccc3c2)c1. The summed E-state index contributed by atoms with van der Waals surface area (Å²) in [7, 11) is 0. The number of nitrogens with two attached hydrogens (primary N) is 1. The molecule has 5 nitrogen and oxygen atoms in total. The molecule has 0 saturated carbocycles. The number of fused-ring (bicyclic) bond motifs is 2. The zero-order valence-electron chi connectivity index (χ0n) is 21.0. The monoisotopic (exact) mass is 463 g/mol. The van der Waals surface area contributed by atoms with Crippen LogP contribution in [0.25, 0.3) is 33.1 Å². The van der Waals surface area contributed by atoms with E-state index in [0.717, 1.165) is 35.1 Å². The van der Waals surface area contributed by atoms with E-state index in [1.807, 2.05) is 4.68 Å². The maximum Gasteiger partial charge on any atom is 0.164 e. The molecule has 3 aromatic carbocycles. The molecular formula is C30H33N5. The highest BCUT2D eigenvalue weighted by Gasteiger charge is 2.18. The molecule has 0 bridgehead atoms. The summed E-state index contributed by atoms with van der Waals surface area (Å²) in [6.07, 6.45) is 6.14. The van der Waals surface area contributed by atoms with E-state index in [1.165, 1.54) is 52.2 Å². The fourth-order valence-electron chi connectivity index (χ4n) is 4.87. The number of aromatic nitrogens is 4. The number of nitrogen functional groups attached to an aromatic ring is 1. The van der Waals surface area contributed by atoms with Gasteiger partial charge in [0.15, 0.2) is 5.65 Å². The zero-order chi connectivity index (χ0) is 24.5. The third-order valence-electron chi connectivity index (χ3n) is 6.85. The van der Waals surface area contributed by atoms with Crippen molar-refractivity contribution in [2.24, 2.45) is 0 Å². The number of unbranched alkanes of at least 4 members (excludes halogenated alkanes) is 1. The van der Waals surface area contributed by atoms with Gasteiger partial charge in [0.25, 0.3) is 0 Å². The molecule has 5 heteroatoms. The van der Waals surface area contributed by atoms with Crippen molar-refractivity contribution >= 4 is 27.6 Å². The largest absolute Gasteiger partial charge is 0.383 e. The van der Waals surface area contributed by atoms with Crippen LogP contribution in [-0.2, 0) is 12.8 Å². The van der Waals surface area contributed by atoms with Gasteiger partial charge in [-0.1, -0.05) is 54.1 Å². The van der Waals surface area contributed by atoms with Crippen molar-refractivity contribution in [3.8, 4) is 11.3 Å². The van der Waals surface area contributed by atoms with Crippen LogP contribution in [0, 0.1) is 13.8 Å². The first-order valence-electron chi connectivity index (χ1n) is 12.5. The first-order chi connectivity index (χ1) is 16.9. The van der Waals surface area contributed by atoms with E-state index in [4.69, 9.17) is 10.8 Å². The number of anilines is 1. The Labute approximate surface area is 207 Å². The lowest BCUT2D eigenvalue weighted by Crippen LogP contribution is -2.04. The first-order valence-corrected chi connectivity index (χ1v) is 12.5. The van der Waals surface area contributed by atoms with Gasteiger partial charge >= 0.3 is 0 Å². The van der Waals surface area contributed by atoms with E-state index in [0.29, 0.717) is 5.82 Å². The van der Waals surface area contributed by atoms with Crippen LogP contribution >= 0.6 is 0 Å². The normalized spacial score (nSPS) is 11.7. The molecule has 0 aliphatic carbocycles. The second-order valence-corrected chi connectivity index (χ2v) is 9.88. The van der Waals surface area contributed by atoms with Crippen molar-refractivity contribution in [1.82, 2.24) is 19.7 Å². The topological polar surface area (TPSA) is 69.6 Å². The number of aryl methyl sites for hydroxylation is 4. The molecule has 2 heterocycles. The van der Waals surface area contributed by atoms with E-state index in [2.05, 4.69) is 92.3 Å². The number of hydrogen-bond acceptors (Lipinski definition) is 4. The van der Waals surface area contributed by atoms with Crippen molar-refractivity contribution in [3.63, 3.8) is 0 Å². The van der Waals surface area contributed by atoms with Crippen LogP contribution in [-0.4, -0.2) is 19.7 Å². The highest BCUT2D eigenvalue weighted by molar-refractivity contribution is 6.00. The van der Waals surface area contributed by atoms with E-state index in [1.54, 1.807) is 0 Å². The van der Waals surface area contributed by atoms with Gasteiger partial charge in [0.2, 0.25) is 0 Å². The predicted octanol–water partition coefficient (Wildman–Crippen LogP) is 6.99. The van der Waals surface area contributed by atoms with Crippen LogP contribution in [0.2, 0.25) is 0 Å². The summed E-state index contributed by atoms with van der Waals surface area (Å²) in [6.45, 7) is 8.57. The van der Waals surface area contributed by atoms with Crippen molar-refractivity contribution in [2.45, 2.75) is 59.4 Å². The highest BCUT2D eigenvalue weighted by atomic mass is 15.3. The van der Waals surface area contributed by atoms with Crippen LogP contribution in [0.15, 0.2) is 60.9 Å². The molecule has 0 atom stereocenters. The summed E-state index contributed by atoms with van der Waals surface area (Å²) < 4.78 is 1.92. The molecule has 2 N–H and O–H groups in total. The van der Waals surface area contributed by atoms with Crippen LogP contribution in [0.4, 0.5) is 5.82 Å². The molecule has 5 aromatic rings. The summed E-state index contributed by atoms with van der Waals surface area (Å²) in [5.41, 5.74) is 14.5. The van der Waals surface area contributed by atoms with Crippen molar-refractivity contribution in [2.75, 3.05) is 5.73 Å². The Morgan fingerprint density at radius 1 is 0.857 bits per heavy atom. The van der Waals surface area contributed by atoms with Gasteiger partial charge in [0, 0.05) is 11.6 Å². The second-order valence-electron chi connectivity index (χ2n) is 9.88. The lowest BCUT2D eigenvalue weighted by atomic mass is 9.97. The summed E-state index contributed by atoms with van der Waals surface area (Å²) in [5, 5.41) is 8.13. The Bertz CT molecular complexity index is 1510. The number of hydrogen-bond donors (Lipinski definition) is 1. The second kappa shape index (κ2) is 9.49. The van der Waals surface area contributed by atoms with Gasteiger partial charge < -0.3 is 5.73 Å².